The third-order valence-corrected chi connectivity index (χ3v) is 1.28. The number of hydrogen-bond donors (Lipinski definition) is 0. The van der Waals surface area contributed by atoms with Gasteiger partial charge in [-0.2, -0.15) is 0 Å². The van der Waals surface area contributed by atoms with Crippen LogP contribution in [0.4, 0.5) is 4.39 Å². The van der Waals surface area contributed by atoms with Crippen LogP contribution >= 0.6 is 0 Å². The highest BCUT2D eigenvalue weighted by Crippen LogP contribution is 2.11. The number of halogens is 1. The first-order chi connectivity index (χ1) is 5.11. The Morgan fingerprint density at radius 2 is 2.00 bits per heavy atom. The molecule has 0 aromatic heterocycles. The minimum Gasteiger partial charge on any atom is -0.207 e. The Morgan fingerprint density at radius 1 is 1.45 bits per heavy atom. The smallest absolute Gasteiger partial charge is 0.119 e. The Kier molecular flexibility index (Phi) is 4.20. The molecule has 0 saturated carbocycles. The molecule has 0 unspecified atom stereocenters. The molecule has 0 aliphatic carbocycles. The van der Waals surface area contributed by atoms with Crippen LogP contribution in [0.25, 0.3) is 0 Å². The second-order valence-electron chi connectivity index (χ2n) is 2.26. The average Bonchev–Trinajstić information content (AvgIpc) is 1.99. The van der Waals surface area contributed by atoms with Gasteiger partial charge >= 0.3 is 0 Å². The summed E-state index contributed by atoms with van der Waals surface area (Å²) >= 11 is 0. The lowest BCUT2D eigenvalue weighted by Crippen LogP contribution is -1.78. The maximum atomic E-state index is 12.6. The van der Waals surface area contributed by atoms with Crippen molar-refractivity contribution in [2.75, 3.05) is 0 Å². The third-order valence-electron chi connectivity index (χ3n) is 1.28. The molecule has 0 bridgehead atoms. The maximum absolute atomic E-state index is 12.6. The molecule has 0 fully saturated rings. The lowest BCUT2D eigenvalue weighted by atomic mass is 10.1. The molecule has 0 atom stereocenters. The summed E-state index contributed by atoms with van der Waals surface area (Å²) in [7, 11) is 0. The summed E-state index contributed by atoms with van der Waals surface area (Å²) in [6.07, 6.45) is 4.40. The van der Waals surface area contributed by atoms with Crippen molar-refractivity contribution >= 4 is 0 Å². The lowest BCUT2D eigenvalue weighted by molar-refractivity contribution is 0.664. The first-order valence-corrected chi connectivity index (χ1v) is 3.43. The van der Waals surface area contributed by atoms with Crippen molar-refractivity contribution in [1.29, 1.82) is 0 Å². The van der Waals surface area contributed by atoms with E-state index in [9.17, 15) is 4.39 Å². The van der Waals surface area contributed by atoms with Gasteiger partial charge in [0, 0.05) is 0 Å². The van der Waals surface area contributed by atoms with E-state index < -0.39 is 0 Å². The van der Waals surface area contributed by atoms with E-state index in [0.717, 1.165) is 11.1 Å². The molecular weight excluding hydrogens is 139 g/mol. The Bertz CT molecular complexity index is 219. The predicted octanol–water partition coefficient (Wildman–Crippen LogP) is 3.55. The minimum atomic E-state index is -0.261. The fourth-order valence-electron chi connectivity index (χ4n) is 0.588. The van der Waals surface area contributed by atoms with Crippen molar-refractivity contribution in [2.45, 2.75) is 13.8 Å². The van der Waals surface area contributed by atoms with Gasteiger partial charge in [-0.3, -0.25) is 0 Å². The van der Waals surface area contributed by atoms with Crippen LogP contribution in [-0.2, 0) is 0 Å². The van der Waals surface area contributed by atoms with Crippen molar-refractivity contribution in [1.82, 2.24) is 0 Å². The number of allylic oxidation sites excluding steroid dienone is 6. The van der Waals surface area contributed by atoms with Gasteiger partial charge in [-0.1, -0.05) is 30.9 Å². The zero-order valence-corrected chi connectivity index (χ0v) is 7.02. The predicted molar refractivity (Wildman–Crippen MR) is 48.0 cm³/mol. The highest BCUT2D eigenvalue weighted by atomic mass is 19.1. The molecule has 0 aliphatic heterocycles. The normalized spacial score (nSPS) is 13.0. The molecule has 0 amide bonds. The Morgan fingerprint density at radius 3 is 2.27 bits per heavy atom. The zero-order valence-electron chi connectivity index (χ0n) is 7.02. The molecular formula is C10H13F. The fourth-order valence-corrected chi connectivity index (χ4v) is 0.588. The molecule has 0 nitrogen and oxygen atoms in total. The van der Waals surface area contributed by atoms with Gasteiger partial charge in [-0.25, -0.2) is 4.39 Å². The number of rotatable bonds is 3. The van der Waals surface area contributed by atoms with Crippen LogP contribution in [0.2, 0.25) is 0 Å². The molecule has 0 aliphatic rings. The molecule has 1 heteroatoms. The summed E-state index contributed by atoms with van der Waals surface area (Å²) in [5.74, 6) is -0.261. The van der Waals surface area contributed by atoms with Crippen LogP contribution in [-0.4, -0.2) is 0 Å². The third kappa shape index (κ3) is 3.56. The molecule has 0 N–H and O–H groups in total. The highest BCUT2D eigenvalue weighted by molar-refractivity contribution is 5.39. The van der Waals surface area contributed by atoms with E-state index in [1.54, 1.807) is 13.0 Å². The summed E-state index contributed by atoms with van der Waals surface area (Å²) in [6, 6.07) is 0. The van der Waals surface area contributed by atoms with Crippen LogP contribution < -0.4 is 0 Å². The lowest BCUT2D eigenvalue weighted by Gasteiger charge is -1.97. The fraction of sp³-hybridized carbons (Fsp3) is 0.200. The van der Waals surface area contributed by atoms with Gasteiger partial charge in [0.15, 0.2) is 0 Å². The van der Waals surface area contributed by atoms with Crippen molar-refractivity contribution < 1.29 is 4.39 Å². The van der Waals surface area contributed by atoms with Gasteiger partial charge in [-0.05, 0) is 25.5 Å². The minimum absolute atomic E-state index is 0.261. The van der Waals surface area contributed by atoms with E-state index in [2.05, 4.69) is 13.2 Å². The molecule has 0 rings (SSSR count). The summed E-state index contributed by atoms with van der Waals surface area (Å²) in [5, 5.41) is 0. The highest BCUT2D eigenvalue weighted by Gasteiger charge is 1.93. The zero-order chi connectivity index (χ0) is 8.85. The number of hydrogen-bond acceptors (Lipinski definition) is 0. The maximum Gasteiger partial charge on any atom is 0.119 e. The van der Waals surface area contributed by atoms with Crippen LogP contribution in [0.15, 0.2) is 48.4 Å². The SMILES string of the molecule is C=C/C(=C/C(F)=C\C)C(=C)C. The second kappa shape index (κ2) is 4.67. The van der Waals surface area contributed by atoms with Gasteiger partial charge in [0.1, 0.15) is 5.83 Å². The van der Waals surface area contributed by atoms with E-state index in [0.29, 0.717) is 0 Å². The average molecular weight is 152 g/mol. The molecule has 0 saturated heterocycles. The van der Waals surface area contributed by atoms with E-state index in [1.165, 1.54) is 12.2 Å². The quantitative estimate of drug-likeness (QED) is 0.542. The largest absolute Gasteiger partial charge is 0.207 e. The molecule has 0 heterocycles. The molecule has 60 valence electrons. The Labute approximate surface area is 67.4 Å². The monoisotopic (exact) mass is 152 g/mol. The molecule has 0 radical (unpaired) electrons. The summed E-state index contributed by atoms with van der Waals surface area (Å²) < 4.78 is 12.6. The summed E-state index contributed by atoms with van der Waals surface area (Å²) in [4.78, 5) is 0. The topological polar surface area (TPSA) is 0 Å². The first kappa shape index (κ1) is 9.89. The van der Waals surface area contributed by atoms with Gasteiger partial charge < -0.3 is 0 Å². The van der Waals surface area contributed by atoms with E-state index in [4.69, 9.17) is 0 Å². The van der Waals surface area contributed by atoms with E-state index in [1.807, 2.05) is 6.92 Å². The van der Waals surface area contributed by atoms with Gasteiger partial charge in [0.05, 0.1) is 0 Å². The van der Waals surface area contributed by atoms with Crippen LogP contribution in [0.1, 0.15) is 13.8 Å². The molecule has 0 aromatic carbocycles. The van der Waals surface area contributed by atoms with Crippen molar-refractivity contribution in [3.63, 3.8) is 0 Å². The van der Waals surface area contributed by atoms with Crippen molar-refractivity contribution in [3.05, 3.63) is 48.4 Å². The van der Waals surface area contributed by atoms with Crippen LogP contribution in [0.3, 0.4) is 0 Å². The van der Waals surface area contributed by atoms with E-state index >= 15 is 0 Å². The van der Waals surface area contributed by atoms with Gasteiger partial charge in [0.25, 0.3) is 0 Å². The Hall–Kier alpha value is -1.11. The molecule has 0 spiro atoms. The molecule has 0 aromatic rings. The summed E-state index contributed by atoms with van der Waals surface area (Å²) in [5.41, 5.74) is 1.55. The van der Waals surface area contributed by atoms with E-state index in [-0.39, 0.29) is 5.83 Å². The summed E-state index contributed by atoms with van der Waals surface area (Å²) in [6.45, 7) is 10.7. The second-order valence-corrected chi connectivity index (χ2v) is 2.26. The van der Waals surface area contributed by atoms with Crippen LogP contribution in [0, 0.1) is 0 Å². The standard InChI is InChI=1S/C10H13F/c1-5-9(8(3)4)7-10(11)6-2/h5-7H,1,3H2,2,4H3/b9-7-,10-6+. The van der Waals surface area contributed by atoms with Gasteiger partial charge in [0.2, 0.25) is 0 Å². The molecule has 11 heavy (non-hydrogen) atoms. The van der Waals surface area contributed by atoms with Crippen molar-refractivity contribution in [2.24, 2.45) is 0 Å². The Balaban J connectivity index is 4.62. The first-order valence-electron chi connectivity index (χ1n) is 3.43. The van der Waals surface area contributed by atoms with Crippen molar-refractivity contribution in [3.8, 4) is 0 Å². The van der Waals surface area contributed by atoms with Gasteiger partial charge in [-0.15, -0.1) is 0 Å². The van der Waals surface area contributed by atoms with Crippen LogP contribution in [0.5, 0.6) is 0 Å².